The van der Waals surface area contributed by atoms with Gasteiger partial charge in [-0.1, -0.05) is 0 Å². The van der Waals surface area contributed by atoms with Crippen LogP contribution >= 0.6 is 0 Å². The molecule has 0 aliphatic carbocycles. The summed E-state index contributed by atoms with van der Waals surface area (Å²) < 4.78 is 6.93. The van der Waals surface area contributed by atoms with Crippen molar-refractivity contribution in [1.82, 2.24) is 9.78 Å². The third kappa shape index (κ3) is 2.30. The van der Waals surface area contributed by atoms with E-state index in [-0.39, 0.29) is 5.78 Å². The van der Waals surface area contributed by atoms with Crippen LogP contribution in [-0.4, -0.2) is 15.6 Å². The number of hydrogen-bond acceptors (Lipinski definition) is 3. The minimum absolute atomic E-state index is 0.0395. The number of Topliss-reactive ketones (excluding diaryl/α,β-unsaturated/α-hetero) is 1. The zero-order valence-corrected chi connectivity index (χ0v) is 10.4. The van der Waals surface area contributed by atoms with Gasteiger partial charge in [-0.25, -0.2) is 0 Å². The Hall–Kier alpha value is -1.84. The molecule has 17 heavy (non-hydrogen) atoms. The summed E-state index contributed by atoms with van der Waals surface area (Å²) in [6.07, 6.45) is 2.69. The Bertz CT molecular complexity index is 524. The van der Waals surface area contributed by atoms with Gasteiger partial charge in [0.15, 0.2) is 11.5 Å². The molecular weight excluding hydrogens is 216 g/mol. The third-order valence-corrected chi connectivity index (χ3v) is 3.06. The molecule has 90 valence electrons. The minimum atomic E-state index is 0.0395. The fraction of sp³-hybridized carbons (Fsp3) is 0.385. The first kappa shape index (κ1) is 11.6. The second kappa shape index (κ2) is 4.57. The van der Waals surface area contributed by atoms with E-state index in [0.717, 1.165) is 17.0 Å². The first-order chi connectivity index (χ1) is 8.09. The van der Waals surface area contributed by atoms with E-state index < -0.39 is 0 Å². The second-order valence-corrected chi connectivity index (χ2v) is 4.17. The highest BCUT2D eigenvalue weighted by atomic mass is 16.3. The molecule has 0 bridgehead atoms. The van der Waals surface area contributed by atoms with Crippen LogP contribution in [0.25, 0.3) is 0 Å². The van der Waals surface area contributed by atoms with E-state index in [1.807, 2.05) is 25.6 Å². The Kier molecular flexibility index (Phi) is 3.13. The SMILES string of the molecule is Cc1nn(C)c(C)c1CCC(=O)c1ccco1. The van der Waals surface area contributed by atoms with E-state index in [0.29, 0.717) is 18.6 Å². The van der Waals surface area contributed by atoms with Crippen LogP contribution in [0.15, 0.2) is 22.8 Å². The predicted octanol–water partition coefficient (Wildman–Crippen LogP) is 2.45. The van der Waals surface area contributed by atoms with Crippen molar-refractivity contribution in [3.63, 3.8) is 0 Å². The molecule has 0 radical (unpaired) electrons. The van der Waals surface area contributed by atoms with Gasteiger partial charge < -0.3 is 4.42 Å². The van der Waals surface area contributed by atoms with Crippen molar-refractivity contribution >= 4 is 5.78 Å². The first-order valence-corrected chi connectivity index (χ1v) is 5.65. The van der Waals surface area contributed by atoms with Crippen molar-refractivity contribution in [2.75, 3.05) is 0 Å². The topological polar surface area (TPSA) is 48.0 Å². The number of furan rings is 1. The summed E-state index contributed by atoms with van der Waals surface area (Å²) in [4.78, 5) is 11.8. The molecule has 2 rings (SSSR count). The highest BCUT2D eigenvalue weighted by molar-refractivity contribution is 5.93. The Morgan fingerprint density at radius 3 is 2.76 bits per heavy atom. The summed E-state index contributed by atoms with van der Waals surface area (Å²) in [5.74, 6) is 0.474. The largest absolute Gasteiger partial charge is 0.461 e. The third-order valence-electron chi connectivity index (χ3n) is 3.06. The molecule has 0 aliphatic heterocycles. The molecule has 0 atom stereocenters. The van der Waals surface area contributed by atoms with E-state index in [1.165, 1.54) is 6.26 Å². The maximum absolute atomic E-state index is 11.8. The van der Waals surface area contributed by atoms with E-state index in [4.69, 9.17) is 4.42 Å². The summed E-state index contributed by atoms with van der Waals surface area (Å²) in [5, 5.41) is 4.33. The molecule has 0 N–H and O–H groups in total. The molecule has 0 amide bonds. The second-order valence-electron chi connectivity index (χ2n) is 4.17. The molecular formula is C13H16N2O2. The molecule has 4 heteroatoms. The molecule has 0 aliphatic rings. The number of aromatic nitrogens is 2. The predicted molar refractivity (Wildman–Crippen MR) is 64.0 cm³/mol. The Labute approximate surface area is 100 Å². The summed E-state index contributed by atoms with van der Waals surface area (Å²) in [6, 6.07) is 3.43. The van der Waals surface area contributed by atoms with Crippen molar-refractivity contribution < 1.29 is 9.21 Å². The summed E-state index contributed by atoms with van der Waals surface area (Å²) in [5.41, 5.74) is 3.28. The first-order valence-electron chi connectivity index (χ1n) is 5.65. The van der Waals surface area contributed by atoms with Gasteiger partial charge in [-0.05, 0) is 38.0 Å². The average Bonchev–Trinajstić information content (AvgIpc) is 2.88. The molecule has 0 spiro atoms. The van der Waals surface area contributed by atoms with Gasteiger partial charge in [0, 0.05) is 19.2 Å². The number of carbonyl (C=O) groups excluding carboxylic acids is 1. The van der Waals surface area contributed by atoms with E-state index in [1.54, 1.807) is 12.1 Å². The molecule has 0 aromatic carbocycles. The number of nitrogens with zero attached hydrogens (tertiary/aromatic N) is 2. The van der Waals surface area contributed by atoms with E-state index in [2.05, 4.69) is 5.10 Å². The average molecular weight is 232 g/mol. The van der Waals surface area contributed by atoms with Gasteiger partial charge in [-0.3, -0.25) is 9.48 Å². The Balaban J connectivity index is 2.05. The standard InChI is InChI=1S/C13H16N2O2/c1-9-11(10(2)15(3)14-9)6-7-12(16)13-5-4-8-17-13/h4-5,8H,6-7H2,1-3H3. The van der Waals surface area contributed by atoms with Crippen molar-refractivity contribution in [3.8, 4) is 0 Å². The maximum Gasteiger partial charge on any atom is 0.198 e. The molecule has 0 saturated carbocycles. The number of carbonyl (C=O) groups is 1. The number of aryl methyl sites for hydroxylation is 2. The van der Waals surface area contributed by atoms with Crippen LogP contribution in [0.5, 0.6) is 0 Å². The highest BCUT2D eigenvalue weighted by Crippen LogP contribution is 2.15. The van der Waals surface area contributed by atoms with Crippen LogP contribution in [0.1, 0.15) is 33.9 Å². The number of ketones is 1. The van der Waals surface area contributed by atoms with Gasteiger partial charge in [-0.15, -0.1) is 0 Å². The van der Waals surface area contributed by atoms with Crippen molar-refractivity contribution in [3.05, 3.63) is 41.1 Å². The molecule has 2 heterocycles. The van der Waals surface area contributed by atoms with Crippen LogP contribution in [0, 0.1) is 13.8 Å². The van der Waals surface area contributed by atoms with Crippen LogP contribution in [0.2, 0.25) is 0 Å². The summed E-state index contributed by atoms with van der Waals surface area (Å²) in [7, 11) is 1.92. The molecule has 0 saturated heterocycles. The lowest BCUT2D eigenvalue weighted by molar-refractivity contribution is 0.0956. The fourth-order valence-electron chi connectivity index (χ4n) is 1.98. The van der Waals surface area contributed by atoms with Crippen LogP contribution < -0.4 is 0 Å². The van der Waals surface area contributed by atoms with E-state index in [9.17, 15) is 4.79 Å². The fourth-order valence-corrected chi connectivity index (χ4v) is 1.98. The zero-order valence-electron chi connectivity index (χ0n) is 10.4. The Morgan fingerprint density at radius 1 is 1.47 bits per heavy atom. The van der Waals surface area contributed by atoms with Gasteiger partial charge >= 0.3 is 0 Å². The number of rotatable bonds is 4. The zero-order chi connectivity index (χ0) is 12.4. The van der Waals surface area contributed by atoms with Gasteiger partial charge in [0.1, 0.15) is 0 Å². The molecule has 0 fully saturated rings. The lowest BCUT2D eigenvalue weighted by Crippen LogP contribution is -2.01. The van der Waals surface area contributed by atoms with Crippen LogP contribution in [-0.2, 0) is 13.5 Å². The minimum Gasteiger partial charge on any atom is -0.461 e. The molecule has 0 unspecified atom stereocenters. The van der Waals surface area contributed by atoms with Crippen molar-refractivity contribution in [2.45, 2.75) is 26.7 Å². The van der Waals surface area contributed by atoms with Crippen LogP contribution in [0.3, 0.4) is 0 Å². The van der Waals surface area contributed by atoms with E-state index >= 15 is 0 Å². The van der Waals surface area contributed by atoms with Crippen LogP contribution in [0.4, 0.5) is 0 Å². The quantitative estimate of drug-likeness (QED) is 0.761. The van der Waals surface area contributed by atoms with Gasteiger partial charge in [0.05, 0.1) is 12.0 Å². The van der Waals surface area contributed by atoms with Crippen molar-refractivity contribution in [2.24, 2.45) is 7.05 Å². The summed E-state index contributed by atoms with van der Waals surface area (Å²) in [6.45, 7) is 3.99. The maximum atomic E-state index is 11.8. The summed E-state index contributed by atoms with van der Waals surface area (Å²) >= 11 is 0. The smallest absolute Gasteiger partial charge is 0.198 e. The lowest BCUT2D eigenvalue weighted by atomic mass is 10.1. The highest BCUT2D eigenvalue weighted by Gasteiger charge is 2.13. The van der Waals surface area contributed by atoms with Gasteiger partial charge in [-0.2, -0.15) is 5.10 Å². The lowest BCUT2D eigenvalue weighted by Gasteiger charge is -2.00. The van der Waals surface area contributed by atoms with Gasteiger partial charge in [0.2, 0.25) is 0 Å². The van der Waals surface area contributed by atoms with Crippen molar-refractivity contribution in [1.29, 1.82) is 0 Å². The number of hydrogen-bond donors (Lipinski definition) is 0. The molecule has 2 aromatic rings. The monoisotopic (exact) mass is 232 g/mol. The molecule has 2 aromatic heterocycles. The molecule has 4 nitrogen and oxygen atoms in total. The normalized spacial score (nSPS) is 10.8. The Morgan fingerprint density at radius 2 is 2.24 bits per heavy atom. The van der Waals surface area contributed by atoms with Gasteiger partial charge in [0.25, 0.3) is 0 Å².